The number of hydrogen-bond donors (Lipinski definition) is 0. The highest BCUT2D eigenvalue weighted by Gasteiger charge is 2.19. The van der Waals surface area contributed by atoms with Crippen LogP contribution in [0.15, 0.2) is 134 Å². The summed E-state index contributed by atoms with van der Waals surface area (Å²) < 4.78 is 16.6. The first kappa shape index (κ1) is 57.5. The predicted molar refractivity (Wildman–Crippen MR) is 265 cm³/mol. The molecule has 0 heterocycles. The van der Waals surface area contributed by atoms with Gasteiger partial charge in [-0.25, -0.2) is 0 Å². The van der Waals surface area contributed by atoms with Gasteiger partial charge in [0.25, 0.3) is 0 Å². The number of carbonyl (C=O) groups is 3. The van der Waals surface area contributed by atoms with Gasteiger partial charge in [-0.1, -0.05) is 199 Å². The fraction of sp³-hybridized carbons (Fsp3) is 0.554. The molecule has 0 rings (SSSR count). The van der Waals surface area contributed by atoms with Crippen LogP contribution < -0.4 is 0 Å². The summed E-state index contributed by atoms with van der Waals surface area (Å²) in [4.78, 5) is 37.8. The first-order chi connectivity index (χ1) is 30.5. The second-order valence-electron chi connectivity index (χ2n) is 15.4. The zero-order valence-corrected chi connectivity index (χ0v) is 39.3. The lowest BCUT2D eigenvalue weighted by Crippen LogP contribution is -2.30. The monoisotopic (exact) mass is 855 g/mol. The summed E-state index contributed by atoms with van der Waals surface area (Å²) in [6.45, 7) is 6.21. The molecule has 0 aliphatic rings. The molecule has 1 atom stereocenters. The summed E-state index contributed by atoms with van der Waals surface area (Å²) in [6.07, 6.45) is 68.8. The fourth-order valence-electron chi connectivity index (χ4n) is 5.91. The first-order valence-corrected chi connectivity index (χ1v) is 24.3. The first-order valence-electron chi connectivity index (χ1n) is 24.3. The second kappa shape index (κ2) is 49.2. The lowest BCUT2D eigenvalue weighted by atomic mass is 10.1. The van der Waals surface area contributed by atoms with Crippen molar-refractivity contribution in [1.82, 2.24) is 0 Å². The molecular formula is C56H86O6. The van der Waals surface area contributed by atoms with Gasteiger partial charge in [0.05, 0.1) is 0 Å². The molecule has 0 aromatic heterocycles. The molecule has 0 aromatic carbocycles. The predicted octanol–water partition coefficient (Wildman–Crippen LogP) is 15.9. The smallest absolute Gasteiger partial charge is 0.306 e. The van der Waals surface area contributed by atoms with Gasteiger partial charge in [-0.2, -0.15) is 0 Å². The minimum Gasteiger partial charge on any atom is -0.462 e. The molecule has 346 valence electrons. The number of ether oxygens (including phenoxy) is 3. The average molecular weight is 855 g/mol. The van der Waals surface area contributed by atoms with E-state index in [1.807, 2.05) is 54.7 Å². The second-order valence-corrected chi connectivity index (χ2v) is 15.4. The molecule has 0 saturated heterocycles. The van der Waals surface area contributed by atoms with Crippen molar-refractivity contribution in [2.45, 2.75) is 187 Å². The molecule has 0 radical (unpaired) electrons. The normalized spacial score (nSPS) is 13.3. The van der Waals surface area contributed by atoms with E-state index in [0.29, 0.717) is 12.8 Å². The molecule has 0 saturated carbocycles. The Kier molecular flexibility index (Phi) is 45.7. The van der Waals surface area contributed by atoms with Crippen LogP contribution in [0.1, 0.15) is 181 Å². The van der Waals surface area contributed by atoms with Gasteiger partial charge in [0, 0.05) is 19.3 Å². The summed E-state index contributed by atoms with van der Waals surface area (Å²) in [5.41, 5.74) is 0. The quantitative estimate of drug-likeness (QED) is 0.0200. The summed E-state index contributed by atoms with van der Waals surface area (Å²) in [5.74, 6) is -1.10. The van der Waals surface area contributed by atoms with Gasteiger partial charge in [0.1, 0.15) is 13.2 Å². The minimum absolute atomic E-state index is 0.141. The lowest BCUT2D eigenvalue weighted by molar-refractivity contribution is -0.167. The third-order valence-electron chi connectivity index (χ3n) is 9.50. The molecule has 1 unspecified atom stereocenters. The van der Waals surface area contributed by atoms with Gasteiger partial charge in [-0.05, 0) is 96.3 Å². The van der Waals surface area contributed by atoms with Crippen molar-refractivity contribution < 1.29 is 28.6 Å². The van der Waals surface area contributed by atoms with Crippen molar-refractivity contribution in [3.8, 4) is 0 Å². The van der Waals surface area contributed by atoms with Crippen LogP contribution in [-0.2, 0) is 28.6 Å². The Morgan fingerprint density at radius 2 is 0.726 bits per heavy atom. The Balaban J connectivity index is 4.63. The number of carbonyl (C=O) groups excluding carboxylic acids is 3. The van der Waals surface area contributed by atoms with Crippen molar-refractivity contribution in [3.05, 3.63) is 134 Å². The Hall–Kier alpha value is -4.45. The molecular weight excluding hydrogens is 769 g/mol. The summed E-state index contributed by atoms with van der Waals surface area (Å²) >= 11 is 0. The van der Waals surface area contributed by atoms with Crippen LogP contribution in [0.3, 0.4) is 0 Å². The van der Waals surface area contributed by atoms with Crippen molar-refractivity contribution >= 4 is 17.9 Å². The van der Waals surface area contributed by atoms with Crippen molar-refractivity contribution in [3.63, 3.8) is 0 Å². The van der Waals surface area contributed by atoms with Gasteiger partial charge < -0.3 is 14.2 Å². The molecule has 0 fully saturated rings. The largest absolute Gasteiger partial charge is 0.462 e. The molecule has 0 amide bonds. The highest BCUT2D eigenvalue weighted by atomic mass is 16.6. The molecule has 0 aromatic rings. The van der Waals surface area contributed by atoms with E-state index < -0.39 is 6.10 Å². The fourth-order valence-corrected chi connectivity index (χ4v) is 5.91. The van der Waals surface area contributed by atoms with Crippen LogP contribution in [0.2, 0.25) is 0 Å². The summed E-state index contributed by atoms with van der Waals surface area (Å²) in [5, 5.41) is 0. The number of hydrogen-bond acceptors (Lipinski definition) is 6. The maximum absolute atomic E-state index is 12.8. The topological polar surface area (TPSA) is 78.9 Å². The van der Waals surface area contributed by atoms with Gasteiger partial charge in [-0.3, -0.25) is 14.4 Å². The van der Waals surface area contributed by atoms with E-state index in [1.165, 1.54) is 44.9 Å². The number of esters is 3. The number of unbranched alkanes of at least 4 members (excludes halogenated alkanes) is 12. The van der Waals surface area contributed by atoms with Crippen molar-refractivity contribution in [1.29, 1.82) is 0 Å². The van der Waals surface area contributed by atoms with E-state index in [0.717, 1.165) is 83.5 Å². The molecule has 0 spiro atoms. The number of rotatable bonds is 41. The molecule has 0 aliphatic carbocycles. The van der Waals surface area contributed by atoms with Crippen LogP contribution >= 0.6 is 0 Å². The van der Waals surface area contributed by atoms with E-state index in [1.54, 1.807) is 0 Å². The Morgan fingerprint density at radius 3 is 1.24 bits per heavy atom. The van der Waals surface area contributed by atoms with Crippen molar-refractivity contribution in [2.75, 3.05) is 13.2 Å². The highest BCUT2D eigenvalue weighted by Crippen LogP contribution is 2.11. The van der Waals surface area contributed by atoms with E-state index in [2.05, 4.69) is 99.8 Å². The number of allylic oxidation sites excluding steroid dienone is 22. The van der Waals surface area contributed by atoms with E-state index in [4.69, 9.17) is 14.2 Å². The van der Waals surface area contributed by atoms with E-state index >= 15 is 0 Å². The molecule has 6 nitrogen and oxygen atoms in total. The molecule has 6 heteroatoms. The van der Waals surface area contributed by atoms with E-state index in [-0.39, 0.29) is 50.4 Å². The van der Waals surface area contributed by atoms with Crippen LogP contribution in [0.25, 0.3) is 0 Å². The van der Waals surface area contributed by atoms with Crippen LogP contribution in [-0.4, -0.2) is 37.2 Å². The minimum atomic E-state index is -0.841. The molecule has 62 heavy (non-hydrogen) atoms. The van der Waals surface area contributed by atoms with Gasteiger partial charge in [0.2, 0.25) is 0 Å². The Labute approximate surface area is 379 Å². The third-order valence-corrected chi connectivity index (χ3v) is 9.50. The molecule has 0 N–H and O–H groups in total. The standard InChI is InChI=1S/C56H86O6/c1-4-7-10-13-16-19-22-25-27-28-29-32-34-37-40-43-46-49-55(58)61-52-53(51-60-54(57)48-45-42-39-36-33-30-24-21-18-15-12-9-6-3)62-56(59)50-47-44-41-38-35-31-26-23-20-17-14-11-8-5-2/h7,9-10,12,15-16,18-19,21,24-25,27,29-33,35-37,39-40,53H,4-6,8,11,13-14,17,20,22-23,26,28,34,38,41-52H2,1-3H3/b10-7-,12-9-,18-15-,19-16-,24-21-,27-25-,32-29-,33-30-,35-31-,39-36-,40-37-. The zero-order chi connectivity index (χ0) is 45.1. The van der Waals surface area contributed by atoms with Crippen molar-refractivity contribution in [2.24, 2.45) is 0 Å². The van der Waals surface area contributed by atoms with Crippen LogP contribution in [0, 0.1) is 0 Å². The Bertz CT molecular complexity index is 1400. The third kappa shape index (κ3) is 46.6. The maximum atomic E-state index is 12.8. The van der Waals surface area contributed by atoms with Gasteiger partial charge in [-0.15, -0.1) is 0 Å². The van der Waals surface area contributed by atoms with E-state index in [9.17, 15) is 14.4 Å². The highest BCUT2D eigenvalue weighted by molar-refractivity contribution is 5.71. The van der Waals surface area contributed by atoms with Gasteiger partial charge >= 0.3 is 17.9 Å². The molecule has 0 bridgehead atoms. The van der Waals surface area contributed by atoms with Crippen LogP contribution in [0.4, 0.5) is 0 Å². The van der Waals surface area contributed by atoms with Gasteiger partial charge in [0.15, 0.2) is 6.10 Å². The molecule has 0 aliphatic heterocycles. The maximum Gasteiger partial charge on any atom is 0.306 e. The SMILES string of the molecule is CC\C=C/C=C\C=C/C=C\C=C/CCCC(=O)OCC(COC(=O)CCC/C=C\C/C=C\C/C=C\C/C=C\C/C=C\CC)OC(=O)CCCCC/C=C\CCCCCCCCC. The summed E-state index contributed by atoms with van der Waals surface area (Å²) in [7, 11) is 0. The average Bonchev–Trinajstić information content (AvgIpc) is 3.27. The zero-order valence-electron chi connectivity index (χ0n) is 39.3. The lowest BCUT2D eigenvalue weighted by Gasteiger charge is -2.18. The Morgan fingerprint density at radius 1 is 0.355 bits per heavy atom. The van der Waals surface area contributed by atoms with Crippen LogP contribution in [0.5, 0.6) is 0 Å². The summed E-state index contributed by atoms with van der Waals surface area (Å²) in [6, 6.07) is 0.